The zero-order valence-corrected chi connectivity index (χ0v) is 13.4. The van der Waals surface area contributed by atoms with Gasteiger partial charge in [-0.05, 0) is 30.5 Å². The van der Waals surface area contributed by atoms with Crippen LogP contribution in [0.1, 0.15) is 31.7 Å². The topological polar surface area (TPSA) is 29.0 Å². The Morgan fingerprint density at radius 1 is 1.18 bits per heavy atom. The first-order valence-corrected chi connectivity index (χ1v) is 7.76. The average Bonchev–Trinajstić information content (AvgIpc) is 2.76. The Labute approximate surface area is 131 Å². The second-order valence-electron chi connectivity index (χ2n) is 6.60. The lowest BCUT2D eigenvalue weighted by Gasteiger charge is -2.21. The Hall–Kier alpha value is -1.97. The summed E-state index contributed by atoms with van der Waals surface area (Å²) in [7, 11) is 0. The molecule has 0 fully saturated rings. The van der Waals surface area contributed by atoms with E-state index in [1.54, 1.807) is 0 Å². The molecule has 22 heavy (non-hydrogen) atoms. The van der Waals surface area contributed by atoms with Crippen LogP contribution in [0.4, 0.5) is 10.1 Å². The number of fused-ring (bicyclic) bond motifs is 1. The second kappa shape index (κ2) is 5.67. The number of anilines is 1. The smallest absolute Gasteiger partial charge is 0.125 e. The highest BCUT2D eigenvalue weighted by molar-refractivity contribution is 5.73. The van der Waals surface area contributed by atoms with Crippen LogP contribution in [0, 0.1) is 6.92 Å². The van der Waals surface area contributed by atoms with Crippen LogP contribution in [0.3, 0.4) is 0 Å². The van der Waals surface area contributed by atoms with Crippen molar-refractivity contribution in [1.82, 2.24) is 9.97 Å². The fourth-order valence-corrected chi connectivity index (χ4v) is 3.18. The molecule has 1 aliphatic rings. The van der Waals surface area contributed by atoms with Crippen LogP contribution in [0.25, 0.3) is 11.1 Å². The number of rotatable bonds is 4. The first-order valence-electron chi connectivity index (χ1n) is 7.76. The summed E-state index contributed by atoms with van der Waals surface area (Å²) in [4.78, 5) is 10.8. The number of hydrogen-bond acceptors (Lipinski definition) is 3. The van der Waals surface area contributed by atoms with Gasteiger partial charge in [0.1, 0.15) is 5.82 Å². The van der Waals surface area contributed by atoms with E-state index in [9.17, 15) is 4.39 Å². The number of hydrogen-bond donors (Lipinski definition) is 0. The molecule has 0 bridgehead atoms. The van der Waals surface area contributed by atoms with Gasteiger partial charge in [0, 0.05) is 42.1 Å². The lowest BCUT2D eigenvalue weighted by molar-refractivity contribution is 0.464. The maximum absolute atomic E-state index is 12.6. The van der Waals surface area contributed by atoms with E-state index in [-0.39, 0.29) is 12.1 Å². The van der Waals surface area contributed by atoms with Crippen molar-refractivity contribution in [2.24, 2.45) is 0 Å². The number of aromatic nitrogens is 2. The molecule has 1 aliphatic heterocycles. The van der Waals surface area contributed by atoms with Gasteiger partial charge in [0.2, 0.25) is 0 Å². The molecule has 3 nitrogen and oxygen atoms in total. The molecule has 1 aromatic carbocycles. The van der Waals surface area contributed by atoms with Crippen LogP contribution in [0.2, 0.25) is 0 Å². The summed E-state index contributed by atoms with van der Waals surface area (Å²) in [5.74, 6) is 0.774. The number of aryl methyl sites for hydroxylation is 1. The molecule has 4 heteroatoms. The molecule has 0 radical (unpaired) electrons. The molecule has 0 atom stereocenters. The Balaban J connectivity index is 1.99. The molecule has 0 aliphatic carbocycles. The van der Waals surface area contributed by atoms with E-state index < -0.39 is 0 Å². The van der Waals surface area contributed by atoms with E-state index in [0.717, 1.165) is 30.0 Å². The molecule has 0 amide bonds. The van der Waals surface area contributed by atoms with Gasteiger partial charge in [0.25, 0.3) is 0 Å². The molecular weight excluding hydrogens is 277 g/mol. The fourth-order valence-electron chi connectivity index (χ4n) is 3.18. The van der Waals surface area contributed by atoms with Crippen molar-refractivity contribution in [2.75, 3.05) is 24.7 Å². The quantitative estimate of drug-likeness (QED) is 0.857. The predicted octanol–water partition coefficient (Wildman–Crippen LogP) is 3.91. The first-order chi connectivity index (χ1) is 10.5. The van der Waals surface area contributed by atoms with Gasteiger partial charge in [-0.2, -0.15) is 0 Å². The zero-order valence-electron chi connectivity index (χ0n) is 13.4. The molecule has 2 aromatic rings. The predicted molar refractivity (Wildman–Crippen MR) is 88.0 cm³/mol. The fraction of sp³-hybridized carbons (Fsp3) is 0.444. The Morgan fingerprint density at radius 3 is 2.59 bits per heavy atom. The minimum atomic E-state index is -0.266. The van der Waals surface area contributed by atoms with E-state index >= 15 is 0 Å². The van der Waals surface area contributed by atoms with Crippen molar-refractivity contribution in [3.05, 3.63) is 42.0 Å². The van der Waals surface area contributed by atoms with Crippen LogP contribution >= 0.6 is 0 Å². The van der Waals surface area contributed by atoms with E-state index in [1.165, 1.54) is 11.3 Å². The maximum Gasteiger partial charge on any atom is 0.125 e. The van der Waals surface area contributed by atoms with E-state index in [1.807, 2.05) is 19.3 Å². The van der Waals surface area contributed by atoms with Crippen LogP contribution in [0.5, 0.6) is 0 Å². The van der Waals surface area contributed by atoms with Gasteiger partial charge in [0.05, 0.1) is 6.67 Å². The van der Waals surface area contributed by atoms with Gasteiger partial charge in [-0.3, -0.25) is 4.39 Å². The Bertz CT molecular complexity index is 665. The molecule has 0 spiro atoms. The van der Waals surface area contributed by atoms with Crippen LogP contribution in [0.15, 0.2) is 30.6 Å². The number of benzene rings is 1. The van der Waals surface area contributed by atoms with Crippen molar-refractivity contribution >= 4 is 5.69 Å². The Kier molecular flexibility index (Phi) is 3.85. The highest BCUT2D eigenvalue weighted by atomic mass is 19.1. The SMILES string of the molecule is Cc1ncc(-c2ccc3c(c2)N(CCCF)CC3(C)C)cn1. The van der Waals surface area contributed by atoms with Gasteiger partial charge in [-0.15, -0.1) is 0 Å². The summed E-state index contributed by atoms with van der Waals surface area (Å²) < 4.78 is 12.6. The van der Waals surface area contributed by atoms with Gasteiger partial charge < -0.3 is 4.90 Å². The minimum absolute atomic E-state index is 0.105. The molecule has 0 unspecified atom stereocenters. The van der Waals surface area contributed by atoms with Gasteiger partial charge in [0.15, 0.2) is 0 Å². The monoisotopic (exact) mass is 299 g/mol. The van der Waals surface area contributed by atoms with Crippen molar-refractivity contribution in [1.29, 1.82) is 0 Å². The number of nitrogens with zero attached hydrogens (tertiary/aromatic N) is 3. The summed E-state index contributed by atoms with van der Waals surface area (Å²) in [5, 5.41) is 0. The highest BCUT2D eigenvalue weighted by Crippen LogP contribution is 2.42. The lowest BCUT2D eigenvalue weighted by Crippen LogP contribution is -2.29. The molecule has 1 aromatic heterocycles. The molecular formula is C18H22FN3. The third-order valence-electron chi connectivity index (χ3n) is 4.33. The molecule has 2 heterocycles. The van der Waals surface area contributed by atoms with Crippen molar-refractivity contribution < 1.29 is 4.39 Å². The van der Waals surface area contributed by atoms with E-state index in [2.05, 4.69) is 46.9 Å². The molecule has 0 saturated carbocycles. The maximum atomic E-state index is 12.6. The van der Waals surface area contributed by atoms with Gasteiger partial charge in [-0.1, -0.05) is 26.0 Å². The molecule has 116 valence electrons. The summed E-state index contributed by atoms with van der Waals surface area (Å²) in [6, 6.07) is 6.52. The zero-order chi connectivity index (χ0) is 15.7. The second-order valence-corrected chi connectivity index (χ2v) is 6.60. The standard InChI is InChI=1S/C18H22FN3/c1-13-20-10-15(11-21-13)14-5-6-16-17(9-14)22(8-4-7-19)12-18(16,2)3/h5-6,9-11H,4,7-8,12H2,1-3H3. The lowest BCUT2D eigenvalue weighted by atomic mass is 9.86. The summed E-state index contributed by atoms with van der Waals surface area (Å²) in [6.07, 6.45) is 4.29. The summed E-state index contributed by atoms with van der Waals surface area (Å²) in [6.45, 7) is 7.81. The van der Waals surface area contributed by atoms with Crippen molar-refractivity contribution in [2.45, 2.75) is 32.6 Å². The highest BCUT2D eigenvalue weighted by Gasteiger charge is 2.34. The normalized spacial score (nSPS) is 15.9. The van der Waals surface area contributed by atoms with Gasteiger partial charge >= 0.3 is 0 Å². The third-order valence-corrected chi connectivity index (χ3v) is 4.33. The molecule has 0 N–H and O–H groups in total. The van der Waals surface area contributed by atoms with Gasteiger partial charge in [-0.25, -0.2) is 9.97 Å². The van der Waals surface area contributed by atoms with Crippen molar-refractivity contribution in [3.63, 3.8) is 0 Å². The average molecular weight is 299 g/mol. The molecule has 0 saturated heterocycles. The molecule has 3 rings (SSSR count). The van der Waals surface area contributed by atoms with Crippen LogP contribution in [-0.2, 0) is 5.41 Å². The summed E-state index contributed by atoms with van der Waals surface area (Å²) >= 11 is 0. The first kappa shape index (κ1) is 14.9. The summed E-state index contributed by atoms with van der Waals surface area (Å²) in [5.41, 5.74) is 4.79. The van der Waals surface area contributed by atoms with E-state index in [4.69, 9.17) is 0 Å². The van der Waals surface area contributed by atoms with Crippen molar-refractivity contribution in [3.8, 4) is 11.1 Å². The largest absolute Gasteiger partial charge is 0.370 e. The van der Waals surface area contributed by atoms with E-state index in [0.29, 0.717) is 6.42 Å². The third kappa shape index (κ3) is 2.70. The number of alkyl halides is 1. The Morgan fingerprint density at radius 2 is 1.91 bits per heavy atom. The van der Waals surface area contributed by atoms with Crippen LogP contribution < -0.4 is 4.90 Å². The number of halogens is 1. The minimum Gasteiger partial charge on any atom is -0.370 e. The van der Waals surface area contributed by atoms with Crippen LogP contribution in [-0.4, -0.2) is 29.7 Å².